The largest absolute Gasteiger partial charge is 0.0783 e. The Morgan fingerprint density at radius 2 is 1.08 bits per heavy atom. The van der Waals surface area contributed by atoms with E-state index in [4.69, 9.17) is 0 Å². The van der Waals surface area contributed by atoms with Crippen LogP contribution in [0.5, 0.6) is 0 Å². The first kappa shape index (κ1) is 7.61. The van der Waals surface area contributed by atoms with Crippen LogP contribution in [0.1, 0.15) is 32.1 Å². The van der Waals surface area contributed by atoms with Crippen LogP contribution in [0.4, 0.5) is 0 Å². The van der Waals surface area contributed by atoms with E-state index < -0.39 is 0 Å². The molecule has 0 amide bonds. The zero-order valence-corrected chi connectivity index (χ0v) is 8.00. The summed E-state index contributed by atoms with van der Waals surface area (Å²) < 4.78 is 0. The molecule has 0 aromatic heterocycles. The SMILES string of the molecule is C1=C\C=C/C2(CC2)CC2(\C=C/1)CC2. The number of rotatable bonds is 0. The molecule has 0 aromatic rings. The predicted molar refractivity (Wildman–Crippen MR) is 55.4 cm³/mol. The molecule has 3 rings (SSSR count). The van der Waals surface area contributed by atoms with E-state index in [2.05, 4.69) is 36.5 Å². The summed E-state index contributed by atoms with van der Waals surface area (Å²) >= 11 is 0. The molecule has 13 heavy (non-hydrogen) atoms. The van der Waals surface area contributed by atoms with Crippen molar-refractivity contribution in [3.05, 3.63) is 36.5 Å². The van der Waals surface area contributed by atoms with Gasteiger partial charge >= 0.3 is 0 Å². The molecule has 0 atom stereocenters. The van der Waals surface area contributed by atoms with Gasteiger partial charge in [0.25, 0.3) is 0 Å². The third kappa shape index (κ3) is 1.39. The zero-order valence-electron chi connectivity index (χ0n) is 8.00. The maximum atomic E-state index is 2.44. The summed E-state index contributed by atoms with van der Waals surface area (Å²) in [5.41, 5.74) is 1.21. The highest BCUT2D eigenvalue weighted by molar-refractivity contribution is 5.25. The van der Waals surface area contributed by atoms with Gasteiger partial charge in [-0.2, -0.15) is 0 Å². The first-order valence-corrected chi connectivity index (χ1v) is 5.37. The van der Waals surface area contributed by atoms with E-state index in [0.29, 0.717) is 10.8 Å². The molecule has 0 heterocycles. The van der Waals surface area contributed by atoms with E-state index in [0.717, 1.165) is 0 Å². The Kier molecular flexibility index (Phi) is 1.39. The van der Waals surface area contributed by atoms with Crippen LogP contribution in [0.2, 0.25) is 0 Å². The smallest absolute Gasteiger partial charge is 0.0106 e. The molecule has 0 aliphatic heterocycles. The lowest BCUT2D eigenvalue weighted by Gasteiger charge is -2.15. The fourth-order valence-electron chi connectivity index (χ4n) is 2.47. The highest BCUT2D eigenvalue weighted by atomic mass is 14.5. The molecule has 3 aliphatic carbocycles. The van der Waals surface area contributed by atoms with Crippen molar-refractivity contribution in [2.45, 2.75) is 32.1 Å². The highest BCUT2D eigenvalue weighted by Gasteiger charge is 2.51. The quantitative estimate of drug-likeness (QED) is 0.523. The van der Waals surface area contributed by atoms with Gasteiger partial charge in [-0.15, -0.1) is 0 Å². The van der Waals surface area contributed by atoms with Crippen LogP contribution >= 0.6 is 0 Å². The minimum atomic E-state index is 0.607. The van der Waals surface area contributed by atoms with E-state index in [1.807, 2.05) is 0 Å². The second-order valence-corrected chi connectivity index (χ2v) is 5.00. The minimum Gasteiger partial charge on any atom is -0.0783 e. The van der Waals surface area contributed by atoms with Crippen molar-refractivity contribution < 1.29 is 0 Å². The van der Waals surface area contributed by atoms with Crippen molar-refractivity contribution in [2.75, 3.05) is 0 Å². The Morgan fingerprint density at radius 3 is 1.46 bits per heavy atom. The zero-order chi connectivity index (χ0) is 8.78. The van der Waals surface area contributed by atoms with Crippen molar-refractivity contribution in [3.8, 4) is 0 Å². The Bertz CT molecular complexity index is 266. The van der Waals surface area contributed by atoms with Gasteiger partial charge in [0.05, 0.1) is 0 Å². The van der Waals surface area contributed by atoms with E-state index in [9.17, 15) is 0 Å². The summed E-state index contributed by atoms with van der Waals surface area (Å²) in [6, 6.07) is 0. The summed E-state index contributed by atoms with van der Waals surface area (Å²) in [6.07, 6.45) is 20.8. The van der Waals surface area contributed by atoms with Gasteiger partial charge in [-0.05, 0) is 42.9 Å². The molecule has 0 saturated heterocycles. The average Bonchev–Trinajstić information content (AvgIpc) is 2.98. The van der Waals surface area contributed by atoms with Gasteiger partial charge in [0.2, 0.25) is 0 Å². The molecular formula is C13H16. The van der Waals surface area contributed by atoms with Gasteiger partial charge in [0.1, 0.15) is 0 Å². The van der Waals surface area contributed by atoms with Crippen LogP contribution < -0.4 is 0 Å². The fraction of sp³-hybridized carbons (Fsp3) is 0.538. The summed E-state index contributed by atoms with van der Waals surface area (Å²) in [5, 5.41) is 0. The number of hydrogen-bond donors (Lipinski definition) is 0. The Morgan fingerprint density at radius 1 is 0.615 bits per heavy atom. The van der Waals surface area contributed by atoms with Gasteiger partial charge in [-0.3, -0.25) is 0 Å². The van der Waals surface area contributed by atoms with Crippen LogP contribution in [0.15, 0.2) is 36.5 Å². The average molecular weight is 172 g/mol. The Labute approximate surface area is 80.0 Å². The Hall–Kier alpha value is -0.780. The van der Waals surface area contributed by atoms with Crippen molar-refractivity contribution >= 4 is 0 Å². The van der Waals surface area contributed by atoms with Crippen LogP contribution in [-0.2, 0) is 0 Å². The van der Waals surface area contributed by atoms with Crippen molar-refractivity contribution in [1.82, 2.24) is 0 Å². The maximum absolute atomic E-state index is 2.44. The lowest BCUT2D eigenvalue weighted by atomic mass is 9.89. The van der Waals surface area contributed by atoms with Crippen molar-refractivity contribution in [2.24, 2.45) is 10.8 Å². The van der Waals surface area contributed by atoms with E-state index in [1.54, 1.807) is 0 Å². The van der Waals surface area contributed by atoms with E-state index in [1.165, 1.54) is 32.1 Å². The molecule has 2 saturated carbocycles. The lowest BCUT2D eigenvalue weighted by Crippen LogP contribution is -2.05. The third-order valence-electron chi connectivity index (χ3n) is 3.72. The lowest BCUT2D eigenvalue weighted by molar-refractivity contribution is 0.455. The normalized spacial score (nSPS) is 38.8. The maximum Gasteiger partial charge on any atom is -0.0106 e. The topological polar surface area (TPSA) is 0 Å². The molecule has 2 fully saturated rings. The Balaban J connectivity index is 1.91. The van der Waals surface area contributed by atoms with Crippen molar-refractivity contribution in [1.29, 1.82) is 0 Å². The standard InChI is InChI=1S/C13H16/c1-2-4-6-13(9-10-13)11-12(5-3-1)7-8-12/h1-6H,7-11H2/b2-1-,5-3-,6-4-. The van der Waals surface area contributed by atoms with Crippen LogP contribution in [0, 0.1) is 10.8 Å². The molecule has 3 aliphatic rings. The van der Waals surface area contributed by atoms with Crippen molar-refractivity contribution in [3.63, 3.8) is 0 Å². The van der Waals surface area contributed by atoms with Gasteiger partial charge < -0.3 is 0 Å². The minimum absolute atomic E-state index is 0.607. The molecule has 0 aromatic carbocycles. The predicted octanol–water partition coefficient (Wildman–Crippen LogP) is 3.62. The molecule has 68 valence electrons. The summed E-state index contributed by atoms with van der Waals surface area (Å²) in [7, 11) is 0. The molecule has 0 nitrogen and oxygen atoms in total. The first-order valence-electron chi connectivity index (χ1n) is 5.37. The second-order valence-electron chi connectivity index (χ2n) is 5.00. The van der Waals surface area contributed by atoms with E-state index in [-0.39, 0.29) is 0 Å². The fourth-order valence-corrected chi connectivity index (χ4v) is 2.47. The summed E-state index contributed by atoms with van der Waals surface area (Å²) in [4.78, 5) is 0. The monoisotopic (exact) mass is 172 g/mol. The highest BCUT2D eigenvalue weighted by Crippen LogP contribution is 2.63. The molecule has 0 N–H and O–H groups in total. The van der Waals surface area contributed by atoms with Crippen LogP contribution in [-0.4, -0.2) is 0 Å². The molecular weight excluding hydrogens is 156 g/mol. The molecule has 2 spiro atoms. The van der Waals surface area contributed by atoms with Crippen LogP contribution in [0.3, 0.4) is 0 Å². The third-order valence-corrected chi connectivity index (χ3v) is 3.72. The summed E-state index contributed by atoms with van der Waals surface area (Å²) in [6.45, 7) is 0. The second kappa shape index (κ2) is 2.37. The molecule has 0 heteroatoms. The van der Waals surface area contributed by atoms with E-state index >= 15 is 0 Å². The van der Waals surface area contributed by atoms with Gasteiger partial charge in [0.15, 0.2) is 0 Å². The van der Waals surface area contributed by atoms with Gasteiger partial charge in [-0.1, -0.05) is 36.5 Å². The van der Waals surface area contributed by atoms with Gasteiger partial charge in [-0.25, -0.2) is 0 Å². The van der Waals surface area contributed by atoms with Crippen LogP contribution in [0.25, 0.3) is 0 Å². The molecule has 0 radical (unpaired) electrons. The molecule has 0 unspecified atom stereocenters. The first-order chi connectivity index (χ1) is 6.33. The molecule has 0 bridgehead atoms. The number of hydrogen-bond acceptors (Lipinski definition) is 0. The number of allylic oxidation sites excluding steroid dienone is 6. The summed E-state index contributed by atoms with van der Waals surface area (Å²) in [5.74, 6) is 0. The van der Waals surface area contributed by atoms with Gasteiger partial charge in [0, 0.05) is 0 Å².